The van der Waals surface area contributed by atoms with Gasteiger partial charge in [-0.1, -0.05) is 18.2 Å². The second kappa shape index (κ2) is 13.8. The maximum absolute atomic E-state index is 14.5. The fourth-order valence-corrected chi connectivity index (χ4v) is 5.22. The zero-order valence-electron chi connectivity index (χ0n) is 27.0. The Balaban J connectivity index is 1.90. The molecule has 4 rings (SSSR count). The van der Waals surface area contributed by atoms with Crippen LogP contribution in [-0.2, 0) is 23.7 Å². The van der Waals surface area contributed by atoms with Crippen molar-refractivity contribution >= 4 is 58.8 Å². The molecular formula is C29H39N7O9S. The number of aliphatic imine (C=N–C) groups is 1. The molecule has 1 fully saturated rings. The summed E-state index contributed by atoms with van der Waals surface area (Å²) in [5.41, 5.74) is 0.634. The first-order valence-electron chi connectivity index (χ1n) is 14.9. The van der Waals surface area contributed by atoms with Crippen molar-refractivity contribution in [2.75, 3.05) is 5.01 Å². The summed E-state index contributed by atoms with van der Waals surface area (Å²) in [7, 11) is 0. The third-order valence-corrected chi connectivity index (χ3v) is 7.05. The zero-order chi connectivity index (χ0) is 33.9. The lowest BCUT2D eigenvalue weighted by Crippen LogP contribution is -2.64. The Labute approximate surface area is 271 Å². The van der Waals surface area contributed by atoms with Crippen molar-refractivity contribution in [2.45, 2.75) is 98.3 Å². The molecule has 2 aliphatic heterocycles. The van der Waals surface area contributed by atoms with E-state index in [1.807, 2.05) is 0 Å². The van der Waals surface area contributed by atoms with Crippen LogP contribution in [0.5, 0.6) is 0 Å². The van der Waals surface area contributed by atoms with Crippen molar-refractivity contribution in [3.63, 3.8) is 0 Å². The lowest BCUT2D eigenvalue weighted by Gasteiger charge is -2.36. The zero-order valence-corrected chi connectivity index (χ0v) is 27.8. The number of anilines is 1. The third kappa shape index (κ3) is 7.29. The lowest BCUT2D eigenvalue weighted by molar-refractivity contribution is -0.128. The van der Waals surface area contributed by atoms with Gasteiger partial charge in [-0.25, -0.2) is 29.6 Å². The topological polar surface area (TPSA) is 172 Å². The summed E-state index contributed by atoms with van der Waals surface area (Å²) in [5, 5.41) is 6.84. The summed E-state index contributed by atoms with van der Waals surface area (Å²) in [5.74, 6) is -1.04. The standard InChI is InChI=1S/C29H39N7O9S/c1-16(2)42-25(38)32-36(28(41)45-19(7)8)46-24-30-29(35(27(40)44-18(5)6)34(24)26(39)43-17(3)4)22(20-14-15-20)31-33(23(29)37)21-12-10-9-11-13-21/h9-13,16-20H,14-15H2,1-8H3,(H,32,38). The number of carbonyl (C=O) groups is 5. The van der Waals surface area contributed by atoms with Gasteiger partial charge in [-0.05, 0) is 80.4 Å². The number of ether oxygens (including phenoxy) is 4. The van der Waals surface area contributed by atoms with E-state index in [9.17, 15) is 24.0 Å². The van der Waals surface area contributed by atoms with E-state index >= 15 is 0 Å². The predicted molar refractivity (Wildman–Crippen MR) is 167 cm³/mol. The van der Waals surface area contributed by atoms with Crippen LogP contribution in [0.3, 0.4) is 0 Å². The van der Waals surface area contributed by atoms with Crippen molar-refractivity contribution in [3.8, 4) is 0 Å². The fourth-order valence-electron chi connectivity index (χ4n) is 4.41. The van der Waals surface area contributed by atoms with E-state index in [0.29, 0.717) is 39.9 Å². The number of carbonyl (C=O) groups excluding carboxylic acids is 5. The molecule has 0 aromatic heterocycles. The van der Waals surface area contributed by atoms with Gasteiger partial charge in [-0.2, -0.15) is 20.1 Å². The van der Waals surface area contributed by atoms with Gasteiger partial charge < -0.3 is 18.9 Å². The highest BCUT2D eigenvalue weighted by molar-refractivity contribution is 8.12. The number of nitrogens with zero attached hydrogens (tertiary/aromatic N) is 6. The van der Waals surface area contributed by atoms with E-state index in [1.165, 1.54) is 0 Å². The number of benzene rings is 1. The molecule has 2 heterocycles. The van der Waals surface area contributed by atoms with Crippen LogP contribution in [0.25, 0.3) is 0 Å². The van der Waals surface area contributed by atoms with E-state index in [4.69, 9.17) is 18.9 Å². The minimum Gasteiger partial charge on any atom is -0.446 e. The molecule has 0 radical (unpaired) electrons. The summed E-state index contributed by atoms with van der Waals surface area (Å²) >= 11 is 0.402. The van der Waals surface area contributed by atoms with Crippen molar-refractivity contribution in [1.82, 2.24) is 19.9 Å². The van der Waals surface area contributed by atoms with Gasteiger partial charge in [0.05, 0.1) is 42.1 Å². The van der Waals surface area contributed by atoms with Crippen LogP contribution in [0.2, 0.25) is 0 Å². The van der Waals surface area contributed by atoms with Crippen molar-refractivity contribution in [2.24, 2.45) is 16.0 Å². The number of rotatable bonds is 6. The first-order valence-corrected chi connectivity index (χ1v) is 15.7. The van der Waals surface area contributed by atoms with Crippen LogP contribution < -0.4 is 10.4 Å². The van der Waals surface area contributed by atoms with Gasteiger partial charge in [0, 0.05) is 5.92 Å². The van der Waals surface area contributed by atoms with E-state index < -0.39 is 65.5 Å². The van der Waals surface area contributed by atoms with E-state index in [0.717, 1.165) is 10.0 Å². The van der Waals surface area contributed by atoms with Gasteiger partial charge in [0.2, 0.25) is 5.17 Å². The first-order chi connectivity index (χ1) is 21.6. The van der Waals surface area contributed by atoms with E-state index in [-0.39, 0.29) is 11.6 Å². The maximum atomic E-state index is 14.5. The fraction of sp³-hybridized carbons (Fsp3) is 0.552. The van der Waals surface area contributed by atoms with Crippen LogP contribution in [0.4, 0.5) is 24.9 Å². The van der Waals surface area contributed by atoms with Gasteiger partial charge in [0.1, 0.15) is 5.71 Å². The van der Waals surface area contributed by atoms with Gasteiger partial charge in [-0.3, -0.25) is 4.79 Å². The van der Waals surface area contributed by atoms with Gasteiger partial charge in [-0.15, -0.1) is 4.41 Å². The molecule has 1 aromatic carbocycles. The molecule has 17 heteroatoms. The van der Waals surface area contributed by atoms with Crippen LogP contribution in [-0.4, -0.2) is 85.7 Å². The smallest absolute Gasteiger partial charge is 0.440 e. The molecule has 1 aromatic rings. The summed E-state index contributed by atoms with van der Waals surface area (Å²) < 4.78 is 22.1. The van der Waals surface area contributed by atoms with Gasteiger partial charge >= 0.3 is 30.3 Å². The Kier molecular flexibility index (Phi) is 10.3. The highest BCUT2D eigenvalue weighted by atomic mass is 32.2. The average Bonchev–Trinajstić information content (AvgIpc) is 3.67. The molecule has 3 aliphatic rings. The minimum absolute atomic E-state index is 0.198. The average molecular weight is 662 g/mol. The molecule has 0 bridgehead atoms. The van der Waals surface area contributed by atoms with Gasteiger partial charge in [0.25, 0.3) is 5.66 Å². The van der Waals surface area contributed by atoms with Crippen molar-refractivity contribution < 1.29 is 42.9 Å². The number of hydrazine groups is 2. The van der Waals surface area contributed by atoms with Crippen molar-refractivity contribution in [3.05, 3.63) is 30.3 Å². The molecule has 1 saturated carbocycles. The Bertz CT molecular complexity index is 1410. The number of amidine groups is 1. The molecule has 46 heavy (non-hydrogen) atoms. The second-order valence-corrected chi connectivity index (χ2v) is 12.6. The summed E-state index contributed by atoms with van der Waals surface area (Å²) in [6, 6.07) is 8.53. The molecule has 1 aliphatic carbocycles. The Hall–Kier alpha value is -4.54. The van der Waals surface area contributed by atoms with Crippen LogP contribution in [0.1, 0.15) is 68.2 Å². The molecule has 1 N–H and O–H groups in total. The predicted octanol–water partition coefficient (Wildman–Crippen LogP) is 5.02. The monoisotopic (exact) mass is 661 g/mol. The van der Waals surface area contributed by atoms with Crippen molar-refractivity contribution in [1.29, 1.82) is 0 Å². The number of amides is 5. The molecule has 5 amide bonds. The molecule has 0 saturated heterocycles. The van der Waals surface area contributed by atoms with Crippen LogP contribution >= 0.6 is 11.9 Å². The van der Waals surface area contributed by atoms with E-state index in [1.54, 1.807) is 85.7 Å². The highest BCUT2D eigenvalue weighted by Crippen LogP contribution is 2.47. The maximum Gasteiger partial charge on any atom is 0.440 e. The number of hydrazone groups is 1. The summed E-state index contributed by atoms with van der Waals surface area (Å²) in [6.45, 7) is 12.8. The SMILES string of the molecule is CC(C)OC(=O)NN(SC1=NC2(C(=O)N(c3ccccc3)N=C2C2CC2)N(C(=O)OC(C)C)N1C(=O)OC(C)C)C(=O)OC(C)C. The molecule has 16 nitrogen and oxygen atoms in total. The number of nitrogens with one attached hydrogen (secondary N) is 1. The quantitative estimate of drug-likeness (QED) is 0.248. The number of hydrogen-bond acceptors (Lipinski definition) is 12. The summed E-state index contributed by atoms with van der Waals surface area (Å²) in [6.07, 6.45) is -5.49. The van der Waals surface area contributed by atoms with Crippen LogP contribution in [0.15, 0.2) is 40.4 Å². The summed E-state index contributed by atoms with van der Waals surface area (Å²) in [4.78, 5) is 72.8. The largest absolute Gasteiger partial charge is 0.446 e. The molecular weight excluding hydrogens is 622 g/mol. The molecule has 250 valence electrons. The Morgan fingerprint density at radius 3 is 1.98 bits per heavy atom. The molecule has 1 unspecified atom stereocenters. The lowest BCUT2D eigenvalue weighted by atomic mass is 10.00. The Morgan fingerprint density at radius 2 is 1.43 bits per heavy atom. The first kappa shape index (κ1) is 34.3. The molecule has 1 spiro atoms. The number of hydrogen-bond donors (Lipinski definition) is 1. The normalized spacial score (nSPS) is 19.2. The Morgan fingerprint density at radius 1 is 0.870 bits per heavy atom. The van der Waals surface area contributed by atoms with Gasteiger partial charge in [0.15, 0.2) is 0 Å². The number of para-hydroxylation sites is 1. The second-order valence-electron chi connectivity index (χ2n) is 11.7. The molecule has 1 atom stereocenters. The van der Waals surface area contributed by atoms with E-state index in [2.05, 4.69) is 15.5 Å². The van der Waals surface area contributed by atoms with Crippen LogP contribution in [0, 0.1) is 5.92 Å². The third-order valence-electron chi connectivity index (χ3n) is 6.20. The minimum atomic E-state index is -2.23. The highest BCUT2D eigenvalue weighted by Gasteiger charge is 2.68.